The first kappa shape index (κ1) is 10.9. The monoisotopic (exact) mass is 216 g/mol. The molecule has 0 saturated heterocycles. The standard InChI is InChI=1S/C8H9ClN2O3/c1-14-3-2-6-10-4-5(9)7(11-6)8(12)13/h4H,2-3H2,1H3,(H,12,13). The second kappa shape index (κ2) is 4.88. The third-order valence-corrected chi connectivity index (χ3v) is 1.80. The van der Waals surface area contributed by atoms with Gasteiger partial charge < -0.3 is 9.84 Å². The number of carbonyl (C=O) groups is 1. The topological polar surface area (TPSA) is 72.3 Å². The summed E-state index contributed by atoms with van der Waals surface area (Å²) in [6, 6.07) is 0. The highest BCUT2D eigenvalue weighted by molar-refractivity contribution is 6.33. The molecule has 0 aliphatic heterocycles. The first-order valence-corrected chi connectivity index (χ1v) is 4.26. The number of methoxy groups -OCH3 is 1. The molecule has 0 fully saturated rings. The largest absolute Gasteiger partial charge is 0.476 e. The molecule has 0 aliphatic carbocycles. The van der Waals surface area contributed by atoms with Crippen LogP contribution in [-0.4, -0.2) is 34.8 Å². The summed E-state index contributed by atoms with van der Waals surface area (Å²) >= 11 is 5.59. The SMILES string of the molecule is COCCc1ncc(Cl)c(C(=O)O)n1. The highest BCUT2D eigenvalue weighted by Gasteiger charge is 2.11. The number of aromatic carboxylic acids is 1. The Morgan fingerprint density at radius 3 is 3.00 bits per heavy atom. The van der Waals surface area contributed by atoms with E-state index >= 15 is 0 Å². The molecule has 0 atom stereocenters. The Bertz CT molecular complexity index is 343. The van der Waals surface area contributed by atoms with Crippen molar-refractivity contribution in [2.45, 2.75) is 6.42 Å². The summed E-state index contributed by atoms with van der Waals surface area (Å²) in [5.41, 5.74) is -0.173. The van der Waals surface area contributed by atoms with Crippen molar-refractivity contribution in [2.24, 2.45) is 0 Å². The third-order valence-electron chi connectivity index (χ3n) is 1.53. The van der Waals surface area contributed by atoms with E-state index < -0.39 is 5.97 Å². The van der Waals surface area contributed by atoms with Crippen LogP contribution in [0.25, 0.3) is 0 Å². The summed E-state index contributed by atoms with van der Waals surface area (Å²) in [4.78, 5) is 18.3. The molecule has 0 spiro atoms. The Labute approximate surface area is 85.7 Å². The van der Waals surface area contributed by atoms with Crippen molar-refractivity contribution in [3.63, 3.8) is 0 Å². The minimum atomic E-state index is -1.16. The van der Waals surface area contributed by atoms with Crippen LogP contribution in [0.2, 0.25) is 5.02 Å². The van der Waals surface area contributed by atoms with Crippen LogP contribution in [0.1, 0.15) is 16.3 Å². The molecule has 1 N–H and O–H groups in total. The minimum absolute atomic E-state index is 0.0404. The summed E-state index contributed by atoms with van der Waals surface area (Å²) in [6.45, 7) is 0.445. The zero-order valence-corrected chi connectivity index (χ0v) is 8.28. The maximum atomic E-state index is 10.6. The number of hydrogen-bond donors (Lipinski definition) is 1. The molecule has 0 saturated carbocycles. The lowest BCUT2D eigenvalue weighted by atomic mass is 10.3. The van der Waals surface area contributed by atoms with Crippen molar-refractivity contribution >= 4 is 17.6 Å². The summed E-state index contributed by atoms with van der Waals surface area (Å²) in [5.74, 6) is -0.746. The van der Waals surface area contributed by atoms with Gasteiger partial charge in [0.1, 0.15) is 5.82 Å². The van der Waals surface area contributed by atoms with Crippen molar-refractivity contribution in [2.75, 3.05) is 13.7 Å². The lowest BCUT2D eigenvalue weighted by molar-refractivity contribution is 0.0690. The molecule has 0 bridgehead atoms. The predicted octanol–water partition coefficient (Wildman–Crippen LogP) is 1.02. The molecular weight excluding hydrogens is 208 g/mol. The van der Waals surface area contributed by atoms with Gasteiger partial charge in [-0.25, -0.2) is 14.8 Å². The van der Waals surface area contributed by atoms with Crippen LogP contribution >= 0.6 is 11.6 Å². The lowest BCUT2D eigenvalue weighted by Crippen LogP contribution is -2.07. The van der Waals surface area contributed by atoms with Gasteiger partial charge in [0.25, 0.3) is 0 Å². The Morgan fingerprint density at radius 2 is 2.43 bits per heavy atom. The molecule has 76 valence electrons. The molecule has 0 aliphatic rings. The third kappa shape index (κ3) is 2.65. The second-order valence-corrected chi connectivity index (χ2v) is 2.94. The van der Waals surface area contributed by atoms with Gasteiger partial charge in [-0.15, -0.1) is 0 Å². The van der Waals surface area contributed by atoms with E-state index in [9.17, 15) is 4.79 Å². The smallest absolute Gasteiger partial charge is 0.356 e. The normalized spacial score (nSPS) is 10.1. The zero-order chi connectivity index (χ0) is 10.6. The Morgan fingerprint density at radius 1 is 1.71 bits per heavy atom. The van der Waals surface area contributed by atoms with E-state index in [1.165, 1.54) is 6.20 Å². The number of hydrogen-bond acceptors (Lipinski definition) is 4. The van der Waals surface area contributed by atoms with Crippen molar-refractivity contribution < 1.29 is 14.6 Å². The molecule has 1 aromatic rings. The number of carboxylic acid groups (broad SMARTS) is 1. The van der Waals surface area contributed by atoms with Gasteiger partial charge in [-0.3, -0.25) is 0 Å². The van der Waals surface area contributed by atoms with Crippen LogP contribution in [0.3, 0.4) is 0 Å². The van der Waals surface area contributed by atoms with Gasteiger partial charge in [0.05, 0.1) is 17.8 Å². The first-order valence-electron chi connectivity index (χ1n) is 3.88. The van der Waals surface area contributed by atoms with Gasteiger partial charge in [-0.2, -0.15) is 0 Å². The first-order chi connectivity index (χ1) is 6.65. The number of halogens is 1. The molecule has 1 rings (SSSR count). The van der Waals surface area contributed by atoms with Gasteiger partial charge in [-0.1, -0.05) is 11.6 Å². The zero-order valence-electron chi connectivity index (χ0n) is 7.53. The van der Waals surface area contributed by atoms with E-state index in [2.05, 4.69) is 9.97 Å². The molecule has 0 aromatic carbocycles. The molecular formula is C8H9ClN2O3. The molecule has 1 heterocycles. The Hall–Kier alpha value is -1.20. The quantitative estimate of drug-likeness (QED) is 0.814. The van der Waals surface area contributed by atoms with Gasteiger partial charge in [0.15, 0.2) is 5.69 Å². The fourth-order valence-corrected chi connectivity index (χ4v) is 1.04. The van der Waals surface area contributed by atoms with E-state index in [1.54, 1.807) is 7.11 Å². The second-order valence-electron chi connectivity index (χ2n) is 2.53. The molecule has 0 unspecified atom stereocenters. The maximum absolute atomic E-state index is 10.6. The van der Waals surface area contributed by atoms with E-state index in [0.717, 1.165) is 0 Å². The molecule has 1 aromatic heterocycles. The average Bonchev–Trinajstić information content (AvgIpc) is 2.16. The molecule has 0 amide bonds. The summed E-state index contributed by atoms with van der Waals surface area (Å²) in [7, 11) is 1.55. The summed E-state index contributed by atoms with van der Waals surface area (Å²) < 4.78 is 4.82. The molecule has 6 heteroatoms. The van der Waals surface area contributed by atoms with Crippen LogP contribution in [0, 0.1) is 0 Å². The summed E-state index contributed by atoms with van der Waals surface area (Å²) in [5, 5.41) is 8.75. The van der Waals surface area contributed by atoms with Crippen LogP contribution in [0.4, 0.5) is 0 Å². The fourth-order valence-electron chi connectivity index (χ4n) is 0.867. The van der Waals surface area contributed by atoms with Gasteiger partial charge in [0, 0.05) is 13.5 Å². The van der Waals surface area contributed by atoms with Gasteiger partial charge in [0.2, 0.25) is 0 Å². The van der Waals surface area contributed by atoms with Crippen LogP contribution in [0.15, 0.2) is 6.20 Å². The number of carboxylic acids is 1. The number of ether oxygens (including phenoxy) is 1. The summed E-state index contributed by atoms with van der Waals surface area (Å²) in [6.07, 6.45) is 1.75. The van der Waals surface area contributed by atoms with Crippen molar-refractivity contribution in [3.8, 4) is 0 Å². The number of aromatic nitrogens is 2. The minimum Gasteiger partial charge on any atom is -0.476 e. The average molecular weight is 217 g/mol. The van der Waals surface area contributed by atoms with E-state index in [4.69, 9.17) is 21.4 Å². The van der Waals surface area contributed by atoms with Gasteiger partial charge >= 0.3 is 5.97 Å². The Kier molecular flexibility index (Phi) is 3.79. The van der Waals surface area contributed by atoms with Crippen LogP contribution < -0.4 is 0 Å². The van der Waals surface area contributed by atoms with Crippen molar-refractivity contribution in [1.29, 1.82) is 0 Å². The van der Waals surface area contributed by atoms with E-state index in [0.29, 0.717) is 18.9 Å². The molecule has 5 nitrogen and oxygen atoms in total. The Balaban J connectivity index is 2.89. The molecule has 0 radical (unpaired) electrons. The maximum Gasteiger partial charge on any atom is 0.356 e. The highest BCUT2D eigenvalue weighted by Crippen LogP contribution is 2.12. The van der Waals surface area contributed by atoms with Crippen molar-refractivity contribution in [3.05, 3.63) is 22.7 Å². The number of nitrogens with zero attached hydrogens (tertiary/aromatic N) is 2. The number of rotatable bonds is 4. The van der Waals surface area contributed by atoms with Crippen LogP contribution in [0.5, 0.6) is 0 Å². The van der Waals surface area contributed by atoms with Crippen LogP contribution in [-0.2, 0) is 11.2 Å². The van der Waals surface area contributed by atoms with E-state index in [-0.39, 0.29) is 10.7 Å². The molecule has 14 heavy (non-hydrogen) atoms. The van der Waals surface area contributed by atoms with Gasteiger partial charge in [-0.05, 0) is 0 Å². The lowest BCUT2D eigenvalue weighted by Gasteiger charge is -2.01. The van der Waals surface area contributed by atoms with Crippen molar-refractivity contribution in [1.82, 2.24) is 9.97 Å². The predicted molar refractivity (Wildman–Crippen MR) is 49.6 cm³/mol. The van der Waals surface area contributed by atoms with E-state index in [1.807, 2.05) is 0 Å². The fraction of sp³-hybridized carbons (Fsp3) is 0.375. The highest BCUT2D eigenvalue weighted by atomic mass is 35.5.